The summed E-state index contributed by atoms with van der Waals surface area (Å²) in [6, 6.07) is 17.8. The van der Waals surface area contributed by atoms with Crippen LogP contribution in [-0.4, -0.2) is 21.9 Å². The van der Waals surface area contributed by atoms with Crippen molar-refractivity contribution >= 4 is 45.7 Å². The van der Waals surface area contributed by atoms with E-state index in [2.05, 4.69) is 27.6 Å². The Bertz CT molecular complexity index is 779. The number of benzene rings is 2. The van der Waals surface area contributed by atoms with Crippen molar-refractivity contribution in [2.24, 2.45) is 0 Å². The summed E-state index contributed by atoms with van der Waals surface area (Å²) in [6.07, 6.45) is 0. The molecule has 1 unspecified atom stereocenters. The van der Waals surface area contributed by atoms with Gasteiger partial charge < -0.3 is 0 Å². The molecule has 1 heterocycles. The molecule has 0 radical (unpaired) electrons. The van der Waals surface area contributed by atoms with Crippen LogP contribution < -0.4 is 5.32 Å². The SMILES string of the molecule is O=C(CSC(c1ccccc1)c1ccc(Cl)cc1)Nc1nncs1. The number of anilines is 1. The van der Waals surface area contributed by atoms with Crippen LogP contribution in [0.1, 0.15) is 16.4 Å². The van der Waals surface area contributed by atoms with Gasteiger partial charge in [-0.1, -0.05) is 65.4 Å². The molecule has 0 aliphatic carbocycles. The summed E-state index contributed by atoms with van der Waals surface area (Å²) in [6.45, 7) is 0. The average molecular weight is 376 g/mol. The molecule has 3 aromatic rings. The van der Waals surface area contributed by atoms with Gasteiger partial charge in [0.25, 0.3) is 0 Å². The first-order valence-corrected chi connectivity index (χ1v) is 9.51. The second-order valence-corrected chi connectivity index (χ2v) is 7.31. The Morgan fingerprint density at radius 2 is 1.83 bits per heavy atom. The molecule has 1 amide bonds. The van der Waals surface area contributed by atoms with Gasteiger partial charge in [-0.2, -0.15) is 0 Å². The van der Waals surface area contributed by atoms with E-state index < -0.39 is 0 Å². The molecule has 24 heavy (non-hydrogen) atoms. The minimum absolute atomic E-state index is 0.0589. The van der Waals surface area contributed by atoms with E-state index in [1.165, 1.54) is 11.3 Å². The van der Waals surface area contributed by atoms with Gasteiger partial charge in [0, 0.05) is 5.02 Å². The molecule has 4 nitrogen and oxygen atoms in total. The van der Waals surface area contributed by atoms with E-state index in [-0.39, 0.29) is 11.2 Å². The fourth-order valence-electron chi connectivity index (χ4n) is 2.19. The topological polar surface area (TPSA) is 54.9 Å². The van der Waals surface area contributed by atoms with Crippen LogP contribution >= 0.6 is 34.7 Å². The zero-order valence-electron chi connectivity index (χ0n) is 12.6. The molecule has 3 rings (SSSR count). The van der Waals surface area contributed by atoms with E-state index in [1.54, 1.807) is 17.3 Å². The van der Waals surface area contributed by atoms with E-state index in [0.717, 1.165) is 11.1 Å². The second kappa shape index (κ2) is 8.28. The predicted octanol–water partition coefficient (Wildman–Crippen LogP) is 4.65. The van der Waals surface area contributed by atoms with Crippen LogP contribution in [0.4, 0.5) is 5.13 Å². The van der Waals surface area contributed by atoms with Crippen LogP contribution in [0.5, 0.6) is 0 Å². The number of aromatic nitrogens is 2. The first-order chi connectivity index (χ1) is 11.7. The van der Waals surface area contributed by atoms with E-state index in [1.807, 2.05) is 42.5 Å². The number of halogens is 1. The highest BCUT2D eigenvalue weighted by atomic mass is 35.5. The van der Waals surface area contributed by atoms with Crippen LogP contribution in [0, 0.1) is 0 Å². The van der Waals surface area contributed by atoms with Crippen molar-refractivity contribution in [1.29, 1.82) is 0 Å². The number of carbonyl (C=O) groups is 1. The fourth-order valence-corrected chi connectivity index (χ4v) is 3.87. The maximum atomic E-state index is 12.1. The first-order valence-electron chi connectivity index (χ1n) is 7.20. The van der Waals surface area contributed by atoms with Crippen molar-refractivity contribution in [2.45, 2.75) is 5.25 Å². The van der Waals surface area contributed by atoms with Gasteiger partial charge in [0.1, 0.15) is 5.51 Å². The first kappa shape index (κ1) is 17.0. The zero-order chi connectivity index (χ0) is 16.8. The Kier molecular flexibility index (Phi) is 5.85. The van der Waals surface area contributed by atoms with Gasteiger partial charge in [-0.15, -0.1) is 22.0 Å². The van der Waals surface area contributed by atoms with E-state index in [4.69, 9.17) is 11.6 Å². The lowest BCUT2D eigenvalue weighted by Gasteiger charge is -2.17. The molecule has 7 heteroatoms. The Morgan fingerprint density at radius 1 is 1.12 bits per heavy atom. The largest absolute Gasteiger partial charge is 0.300 e. The Hall–Kier alpha value is -1.89. The molecule has 0 saturated heterocycles. The van der Waals surface area contributed by atoms with E-state index in [9.17, 15) is 4.79 Å². The van der Waals surface area contributed by atoms with Crippen molar-refractivity contribution in [2.75, 3.05) is 11.1 Å². The van der Waals surface area contributed by atoms with E-state index >= 15 is 0 Å². The fraction of sp³-hybridized carbons (Fsp3) is 0.118. The smallest absolute Gasteiger partial charge is 0.236 e. The van der Waals surface area contributed by atoms with Crippen molar-refractivity contribution in [1.82, 2.24) is 10.2 Å². The molecule has 0 fully saturated rings. The molecule has 0 bridgehead atoms. The average Bonchev–Trinajstić information content (AvgIpc) is 3.10. The number of rotatable bonds is 6. The third-order valence-corrected chi connectivity index (χ3v) is 5.43. The third kappa shape index (κ3) is 4.56. The quantitative estimate of drug-likeness (QED) is 0.681. The van der Waals surface area contributed by atoms with Gasteiger partial charge >= 0.3 is 0 Å². The van der Waals surface area contributed by atoms with Crippen molar-refractivity contribution in [3.8, 4) is 0 Å². The molecule has 122 valence electrons. The van der Waals surface area contributed by atoms with Gasteiger partial charge in [-0.3, -0.25) is 10.1 Å². The summed E-state index contributed by atoms with van der Waals surface area (Å²) in [5.74, 6) is 0.230. The number of amides is 1. The number of nitrogens with zero attached hydrogens (tertiary/aromatic N) is 2. The third-order valence-electron chi connectivity index (χ3n) is 3.26. The highest BCUT2D eigenvalue weighted by Crippen LogP contribution is 2.36. The number of thioether (sulfide) groups is 1. The molecule has 0 saturated carbocycles. The van der Waals surface area contributed by atoms with Gasteiger partial charge in [-0.25, -0.2) is 0 Å². The molecule has 2 aromatic carbocycles. The van der Waals surface area contributed by atoms with Crippen LogP contribution in [0.3, 0.4) is 0 Å². The minimum atomic E-state index is -0.0911. The summed E-state index contributed by atoms with van der Waals surface area (Å²) >= 11 is 8.85. The van der Waals surface area contributed by atoms with Crippen LogP contribution in [0.25, 0.3) is 0 Å². The Labute approximate surface area is 153 Å². The van der Waals surface area contributed by atoms with Gasteiger partial charge in [-0.05, 0) is 23.3 Å². The summed E-state index contributed by atoms with van der Waals surface area (Å²) in [5.41, 5.74) is 3.84. The Morgan fingerprint density at radius 3 is 2.50 bits per heavy atom. The number of hydrogen-bond acceptors (Lipinski definition) is 5. The van der Waals surface area contributed by atoms with Gasteiger partial charge in [0.05, 0.1) is 11.0 Å². The van der Waals surface area contributed by atoms with Crippen molar-refractivity contribution < 1.29 is 4.79 Å². The summed E-state index contributed by atoms with van der Waals surface area (Å²) in [7, 11) is 0. The van der Waals surface area contributed by atoms with Gasteiger partial charge in [0.15, 0.2) is 0 Å². The molecule has 0 aliphatic heterocycles. The normalized spacial score (nSPS) is 11.9. The predicted molar refractivity (Wildman–Crippen MR) is 101 cm³/mol. The Balaban J connectivity index is 1.73. The highest BCUT2D eigenvalue weighted by molar-refractivity contribution is 8.00. The number of nitrogens with one attached hydrogen (secondary N) is 1. The van der Waals surface area contributed by atoms with Crippen LogP contribution in [0.15, 0.2) is 60.1 Å². The standard InChI is InChI=1S/C17H14ClN3OS2/c18-14-8-6-13(7-9-14)16(12-4-2-1-3-5-12)23-10-15(22)20-17-21-19-11-24-17/h1-9,11,16H,10H2,(H,20,21,22). The lowest BCUT2D eigenvalue weighted by Crippen LogP contribution is -2.15. The minimum Gasteiger partial charge on any atom is -0.300 e. The summed E-state index contributed by atoms with van der Waals surface area (Å²) in [4.78, 5) is 12.1. The summed E-state index contributed by atoms with van der Waals surface area (Å²) in [5, 5.41) is 11.6. The molecule has 0 aliphatic rings. The number of carbonyl (C=O) groups excluding carboxylic acids is 1. The maximum Gasteiger partial charge on any atom is 0.236 e. The van der Waals surface area contributed by atoms with Gasteiger partial charge in [0.2, 0.25) is 11.0 Å². The second-order valence-electron chi connectivity index (χ2n) is 4.95. The van der Waals surface area contributed by atoms with Crippen LogP contribution in [0.2, 0.25) is 5.02 Å². The lowest BCUT2D eigenvalue weighted by atomic mass is 10.0. The molecule has 1 aromatic heterocycles. The lowest BCUT2D eigenvalue weighted by molar-refractivity contribution is -0.113. The highest BCUT2D eigenvalue weighted by Gasteiger charge is 2.17. The monoisotopic (exact) mass is 375 g/mol. The van der Waals surface area contributed by atoms with E-state index in [0.29, 0.717) is 15.9 Å². The molecule has 0 spiro atoms. The molecular weight excluding hydrogens is 362 g/mol. The summed E-state index contributed by atoms with van der Waals surface area (Å²) < 4.78 is 0. The van der Waals surface area contributed by atoms with Crippen molar-refractivity contribution in [3.63, 3.8) is 0 Å². The van der Waals surface area contributed by atoms with Crippen LogP contribution in [-0.2, 0) is 4.79 Å². The molecule has 1 N–H and O–H groups in total. The molecule has 1 atom stereocenters. The number of hydrogen-bond donors (Lipinski definition) is 1. The van der Waals surface area contributed by atoms with Crippen molar-refractivity contribution in [3.05, 3.63) is 76.3 Å². The zero-order valence-corrected chi connectivity index (χ0v) is 14.9. The molecular formula is C17H14ClN3OS2. The maximum absolute atomic E-state index is 12.1.